The Balaban J connectivity index is 0.00000220. The number of rotatable bonds is 6. The van der Waals surface area contributed by atoms with E-state index in [9.17, 15) is 4.79 Å². The molecule has 0 saturated heterocycles. The van der Waals surface area contributed by atoms with E-state index in [4.69, 9.17) is 0 Å². The number of aromatic nitrogens is 2. The average Bonchev–Trinajstić information content (AvgIpc) is 2.86. The van der Waals surface area contributed by atoms with E-state index in [1.165, 1.54) is 0 Å². The van der Waals surface area contributed by atoms with Crippen molar-refractivity contribution in [1.29, 1.82) is 0 Å². The number of H-pyrrole nitrogens is 1. The van der Waals surface area contributed by atoms with Gasteiger partial charge in [-0.3, -0.25) is 9.89 Å². The molecule has 0 radical (unpaired) electrons. The molecular weight excluding hydrogens is 356 g/mol. The molecule has 1 aromatic carbocycles. The van der Waals surface area contributed by atoms with Crippen molar-refractivity contribution in [1.82, 2.24) is 20.8 Å². The minimum absolute atomic E-state index is 0. The molecule has 3 N–H and O–H groups in total. The van der Waals surface area contributed by atoms with Gasteiger partial charge in [-0.05, 0) is 35.9 Å². The number of benzene rings is 1. The second-order valence-electron chi connectivity index (χ2n) is 4.34. The molecule has 2 aromatic rings. The third-order valence-corrected chi connectivity index (χ3v) is 3.64. The van der Waals surface area contributed by atoms with Crippen LogP contribution in [0.5, 0.6) is 0 Å². The second kappa shape index (κ2) is 8.81. The first-order chi connectivity index (χ1) is 9.74. The largest absolute Gasteiger partial charge is 0.351 e. The van der Waals surface area contributed by atoms with Crippen molar-refractivity contribution in [2.45, 2.75) is 6.42 Å². The summed E-state index contributed by atoms with van der Waals surface area (Å²) in [5, 5.41) is 12.9. The highest BCUT2D eigenvalue weighted by Crippen LogP contribution is 2.28. The zero-order chi connectivity index (χ0) is 14.4. The Morgan fingerprint density at radius 2 is 2.00 bits per heavy atom. The number of amides is 1. The van der Waals surface area contributed by atoms with Gasteiger partial charge in [0, 0.05) is 12.1 Å². The highest BCUT2D eigenvalue weighted by atomic mass is 79.9. The van der Waals surface area contributed by atoms with Crippen molar-refractivity contribution in [3.63, 3.8) is 0 Å². The standard InChI is InChI=1S/C14H17BrN4O.ClH/c1-16-8-5-9-17-14(20)13-11(15)12(18-19-13)10-6-3-2-4-7-10;/h2-4,6-7,16H,5,8-9H2,1H3,(H,17,20)(H,18,19);1H. The molecule has 0 atom stereocenters. The quantitative estimate of drug-likeness (QED) is 0.682. The molecule has 0 aliphatic carbocycles. The summed E-state index contributed by atoms with van der Waals surface area (Å²) >= 11 is 3.44. The molecule has 2 rings (SSSR count). The van der Waals surface area contributed by atoms with E-state index in [0.29, 0.717) is 16.7 Å². The first-order valence-electron chi connectivity index (χ1n) is 6.46. The number of halogens is 2. The minimum atomic E-state index is -0.150. The Bertz CT molecular complexity index is 574. The van der Waals surface area contributed by atoms with Crippen molar-refractivity contribution in [2.24, 2.45) is 0 Å². The number of nitrogens with one attached hydrogen (secondary N) is 3. The van der Waals surface area contributed by atoms with Crippen molar-refractivity contribution in [2.75, 3.05) is 20.1 Å². The van der Waals surface area contributed by atoms with E-state index in [2.05, 4.69) is 36.8 Å². The number of aromatic amines is 1. The summed E-state index contributed by atoms with van der Waals surface area (Å²) in [7, 11) is 1.89. The maximum absolute atomic E-state index is 12.0. The van der Waals surface area contributed by atoms with Crippen LogP contribution in [0.2, 0.25) is 0 Å². The van der Waals surface area contributed by atoms with Gasteiger partial charge in [-0.15, -0.1) is 12.4 Å². The van der Waals surface area contributed by atoms with Crippen molar-refractivity contribution in [3.8, 4) is 11.3 Å². The Hall–Kier alpha value is -1.37. The molecule has 0 fully saturated rings. The fourth-order valence-corrected chi connectivity index (χ4v) is 2.41. The van der Waals surface area contributed by atoms with E-state index >= 15 is 0 Å². The summed E-state index contributed by atoms with van der Waals surface area (Å²) in [5.41, 5.74) is 2.16. The average molecular weight is 374 g/mol. The van der Waals surface area contributed by atoms with E-state index in [-0.39, 0.29) is 18.3 Å². The van der Waals surface area contributed by atoms with Gasteiger partial charge in [0.1, 0.15) is 11.4 Å². The van der Waals surface area contributed by atoms with Gasteiger partial charge in [-0.25, -0.2) is 0 Å². The zero-order valence-electron chi connectivity index (χ0n) is 11.6. The fourth-order valence-electron chi connectivity index (χ4n) is 1.82. The maximum atomic E-state index is 12.0. The number of hydrogen-bond donors (Lipinski definition) is 3. The topological polar surface area (TPSA) is 69.8 Å². The van der Waals surface area contributed by atoms with E-state index in [1.807, 2.05) is 37.4 Å². The number of carbonyl (C=O) groups excluding carboxylic acids is 1. The molecule has 114 valence electrons. The number of nitrogens with zero attached hydrogens (tertiary/aromatic N) is 1. The summed E-state index contributed by atoms with van der Waals surface area (Å²) in [6.45, 7) is 1.51. The summed E-state index contributed by atoms with van der Waals surface area (Å²) in [6, 6.07) is 9.73. The maximum Gasteiger partial charge on any atom is 0.270 e. The molecule has 7 heteroatoms. The predicted octanol–water partition coefficient (Wildman–Crippen LogP) is 2.60. The Morgan fingerprint density at radius 3 is 2.67 bits per heavy atom. The summed E-state index contributed by atoms with van der Waals surface area (Å²) in [5.74, 6) is -0.150. The van der Waals surface area contributed by atoms with Gasteiger partial charge in [0.15, 0.2) is 0 Å². The lowest BCUT2D eigenvalue weighted by atomic mass is 10.1. The van der Waals surface area contributed by atoms with Gasteiger partial charge in [-0.1, -0.05) is 30.3 Å². The van der Waals surface area contributed by atoms with Crippen molar-refractivity contribution >= 4 is 34.2 Å². The lowest BCUT2D eigenvalue weighted by Crippen LogP contribution is -2.27. The number of carbonyl (C=O) groups is 1. The molecule has 0 saturated carbocycles. The van der Waals surface area contributed by atoms with E-state index in [0.717, 1.165) is 24.2 Å². The minimum Gasteiger partial charge on any atom is -0.351 e. The SMILES string of the molecule is CNCCCNC(=O)c1[nH]nc(-c2ccccc2)c1Br.Cl. The third kappa shape index (κ3) is 4.56. The molecule has 5 nitrogen and oxygen atoms in total. The Morgan fingerprint density at radius 1 is 1.29 bits per heavy atom. The molecule has 0 unspecified atom stereocenters. The third-order valence-electron chi connectivity index (χ3n) is 2.87. The lowest BCUT2D eigenvalue weighted by Gasteiger charge is -2.03. The summed E-state index contributed by atoms with van der Waals surface area (Å²) in [4.78, 5) is 12.0. The predicted molar refractivity (Wildman–Crippen MR) is 89.8 cm³/mol. The van der Waals surface area contributed by atoms with E-state index < -0.39 is 0 Å². The Labute approximate surface area is 138 Å². The van der Waals surface area contributed by atoms with Gasteiger partial charge in [0.25, 0.3) is 5.91 Å². The van der Waals surface area contributed by atoms with Crippen LogP contribution in [0.15, 0.2) is 34.8 Å². The Kier molecular flexibility index (Phi) is 7.42. The molecule has 21 heavy (non-hydrogen) atoms. The molecule has 1 aromatic heterocycles. The van der Waals surface area contributed by atoms with E-state index in [1.54, 1.807) is 0 Å². The van der Waals surface area contributed by atoms with Gasteiger partial charge in [-0.2, -0.15) is 5.10 Å². The van der Waals surface area contributed by atoms with Gasteiger partial charge >= 0.3 is 0 Å². The molecule has 0 aliphatic heterocycles. The second-order valence-corrected chi connectivity index (χ2v) is 5.13. The number of hydrogen-bond acceptors (Lipinski definition) is 3. The highest BCUT2D eigenvalue weighted by molar-refractivity contribution is 9.10. The molecule has 0 spiro atoms. The molecule has 0 bridgehead atoms. The monoisotopic (exact) mass is 372 g/mol. The normalized spacial score (nSPS) is 10.0. The first-order valence-corrected chi connectivity index (χ1v) is 7.25. The first kappa shape index (κ1) is 17.7. The molecule has 1 amide bonds. The van der Waals surface area contributed by atoms with Crippen molar-refractivity contribution < 1.29 is 4.79 Å². The van der Waals surface area contributed by atoms with Gasteiger partial charge < -0.3 is 10.6 Å². The summed E-state index contributed by atoms with van der Waals surface area (Å²) < 4.78 is 0.690. The summed E-state index contributed by atoms with van der Waals surface area (Å²) in [6.07, 6.45) is 0.888. The van der Waals surface area contributed by atoms with Crippen LogP contribution in [0.3, 0.4) is 0 Å². The van der Waals surface area contributed by atoms with Crippen LogP contribution in [0.25, 0.3) is 11.3 Å². The smallest absolute Gasteiger partial charge is 0.270 e. The zero-order valence-corrected chi connectivity index (χ0v) is 14.1. The van der Waals surface area contributed by atoms with Crippen molar-refractivity contribution in [3.05, 3.63) is 40.5 Å². The van der Waals surface area contributed by atoms with Crippen LogP contribution < -0.4 is 10.6 Å². The van der Waals surface area contributed by atoms with Gasteiger partial charge in [0.05, 0.1) is 4.47 Å². The van der Waals surface area contributed by atoms with Gasteiger partial charge in [0.2, 0.25) is 0 Å². The lowest BCUT2D eigenvalue weighted by molar-refractivity contribution is 0.0947. The van der Waals surface area contributed by atoms with Crippen LogP contribution in [0.4, 0.5) is 0 Å². The fraction of sp³-hybridized carbons (Fsp3) is 0.286. The highest BCUT2D eigenvalue weighted by Gasteiger charge is 2.17. The molecule has 1 heterocycles. The molecular formula is C14H18BrClN4O. The molecule has 0 aliphatic rings. The van der Waals surface area contributed by atoms with Crippen LogP contribution >= 0.6 is 28.3 Å². The van der Waals surface area contributed by atoms with Crippen LogP contribution in [-0.2, 0) is 0 Å². The van der Waals surface area contributed by atoms with Crippen LogP contribution in [0, 0.1) is 0 Å². The van der Waals surface area contributed by atoms with Crippen LogP contribution in [-0.4, -0.2) is 36.2 Å². The van der Waals surface area contributed by atoms with Crippen LogP contribution in [0.1, 0.15) is 16.9 Å².